The van der Waals surface area contributed by atoms with Crippen molar-refractivity contribution in [1.82, 2.24) is 4.90 Å². The van der Waals surface area contributed by atoms with Gasteiger partial charge in [-0.3, -0.25) is 9.69 Å². The smallest absolute Gasteiger partial charge is 0.320 e. The molecule has 0 saturated carbocycles. The summed E-state index contributed by atoms with van der Waals surface area (Å²) >= 11 is 0. The van der Waals surface area contributed by atoms with Crippen molar-refractivity contribution < 1.29 is 9.53 Å². The van der Waals surface area contributed by atoms with Crippen LogP contribution in [-0.2, 0) is 16.1 Å². The van der Waals surface area contributed by atoms with E-state index in [4.69, 9.17) is 4.74 Å². The van der Waals surface area contributed by atoms with Crippen LogP contribution in [0.1, 0.15) is 30.5 Å². The summed E-state index contributed by atoms with van der Waals surface area (Å²) < 4.78 is 4.98. The number of aryl methyl sites for hydroxylation is 2. The Labute approximate surface area is 110 Å². The lowest BCUT2D eigenvalue weighted by Crippen LogP contribution is -2.30. The van der Waals surface area contributed by atoms with Crippen LogP contribution in [0.25, 0.3) is 0 Å². The molecule has 0 bridgehead atoms. The van der Waals surface area contributed by atoms with Crippen LogP contribution in [0.2, 0.25) is 0 Å². The molecule has 100 valence electrons. The van der Waals surface area contributed by atoms with Crippen LogP contribution in [0.5, 0.6) is 0 Å². The SMILES string of the molecule is CCOC(=O)CN(CC)Cc1cc(C)cc(C)c1. The largest absolute Gasteiger partial charge is 0.465 e. The lowest BCUT2D eigenvalue weighted by molar-refractivity contribution is -0.144. The van der Waals surface area contributed by atoms with Crippen LogP contribution in [0.3, 0.4) is 0 Å². The predicted octanol–water partition coefficient (Wildman–Crippen LogP) is 2.69. The molecule has 0 aromatic heterocycles. The predicted molar refractivity (Wildman–Crippen MR) is 73.5 cm³/mol. The maximum Gasteiger partial charge on any atom is 0.320 e. The number of carbonyl (C=O) groups is 1. The first-order valence-corrected chi connectivity index (χ1v) is 6.50. The second-order valence-electron chi connectivity index (χ2n) is 4.60. The molecule has 1 aromatic carbocycles. The van der Waals surface area contributed by atoms with Gasteiger partial charge in [-0.15, -0.1) is 0 Å². The second-order valence-corrected chi connectivity index (χ2v) is 4.60. The van der Waals surface area contributed by atoms with Crippen LogP contribution in [0.4, 0.5) is 0 Å². The van der Waals surface area contributed by atoms with Crippen molar-refractivity contribution >= 4 is 5.97 Å². The van der Waals surface area contributed by atoms with E-state index in [-0.39, 0.29) is 5.97 Å². The molecule has 0 heterocycles. The number of carbonyl (C=O) groups excluding carboxylic acids is 1. The van der Waals surface area contributed by atoms with Gasteiger partial charge in [0, 0.05) is 6.54 Å². The van der Waals surface area contributed by atoms with E-state index in [1.807, 2.05) is 6.92 Å². The zero-order chi connectivity index (χ0) is 13.5. The Morgan fingerprint density at radius 1 is 1.17 bits per heavy atom. The average Bonchev–Trinajstić information content (AvgIpc) is 2.27. The highest BCUT2D eigenvalue weighted by atomic mass is 16.5. The molecule has 0 aliphatic heterocycles. The highest BCUT2D eigenvalue weighted by Crippen LogP contribution is 2.11. The van der Waals surface area contributed by atoms with Gasteiger partial charge in [0.2, 0.25) is 0 Å². The minimum absolute atomic E-state index is 0.149. The Balaban J connectivity index is 2.64. The molecular weight excluding hydrogens is 226 g/mol. The Morgan fingerprint density at radius 2 is 1.78 bits per heavy atom. The molecule has 0 amide bonds. The summed E-state index contributed by atoms with van der Waals surface area (Å²) in [5.74, 6) is -0.149. The first-order chi connectivity index (χ1) is 8.55. The van der Waals surface area contributed by atoms with E-state index in [2.05, 4.69) is 43.9 Å². The van der Waals surface area contributed by atoms with E-state index in [1.165, 1.54) is 16.7 Å². The number of benzene rings is 1. The molecule has 0 radical (unpaired) electrons. The van der Waals surface area contributed by atoms with Gasteiger partial charge < -0.3 is 4.74 Å². The lowest BCUT2D eigenvalue weighted by Gasteiger charge is -2.19. The van der Waals surface area contributed by atoms with Crippen molar-refractivity contribution in [1.29, 1.82) is 0 Å². The number of nitrogens with zero attached hydrogens (tertiary/aromatic N) is 1. The number of likely N-dealkylation sites (N-methyl/N-ethyl adjacent to an activating group) is 1. The van der Waals surface area contributed by atoms with E-state index in [0.717, 1.165) is 13.1 Å². The van der Waals surface area contributed by atoms with E-state index >= 15 is 0 Å². The fourth-order valence-electron chi connectivity index (χ4n) is 2.09. The Bertz CT molecular complexity index is 381. The molecule has 3 nitrogen and oxygen atoms in total. The van der Waals surface area contributed by atoms with E-state index in [9.17, 15) is 4.79 Å². The molecule has 0 N–H and O–H groups in total. The molecular formula is C15H23NO2. The summed E-state index contributed by atoms with van der Waals surface area (Å²) in [6.07, 6.45) is 0. The third kappa shape index (κ3) is 4.88. The van der Waals surface area contributed by atoms with E-state index < -0.39 is 0 Å². The molecule has 1 aromatic rings. The van der Waals surface area contributed by atoms with Gasteiger partial charge in [-0.05, 0) is 32.9 Å². The topological polar surface area (TPSA) is 29.5 Å². The zero-order valence-electron chi connectivity index (χ0n) is 11.8. The number of hydrogen-bond acceptors (Lipinski definition) is 3. The second kappa shape index (κ2) is 7.17. The van der Waals surface area contributed by atoms with Crippen molar-refractivity contribution in [2.24, 2.45) is 0 Å². The van der Waals surface area contributed by atoms with Gasteiger partial charge >= 0.3 is 5.97 Å². The van der Waals surface area contributed by atoms with Gasteiger partial charge in [-0.25, -0.2) is 0 Å². The van der Waals surface area contributed by atoms with E-state index in [1.54, 1.807) is 0 Å². The molecule has 1 rings (SSSR count). The van der Waals surface area contributed by atoms with Gasteiger partial charge in [-0.2, -0.15) is 0 Å². The molecule has 0 aliphatic rings. The molecule has 0 fully saturated rings. The highest BCUT2D eigenvalue weighted by molar-refractivity contribution is 5.71. The van der Waals surface area contributed by atoms with Crippen molar-refractivity contribution in [3.05, 3.63) is 34.9 Å². The minimum Gasteiger partial charge on any atom is -0.465 e. The van der Waals surface area contributed by atoms with Gasteiger partial charge in [0.1, 0.15) is 0 Å². The van der Waals surface area contributed by atoms with Gasteiger partial charge in [0.15, 0.2) is 0 Å². The van der Waals surface area contributed by atoms with Gasteiger partial charge in [-0.1, -0.05) is 36.2 Å². The van der Waals surface area contributed by atoms with Crippen LogP contribution in [0.15, 0.2) is 18.2 Å². The summed E-state index contributed by atoms with van der Waals surface area (Å²) in [5.41, 5.74) is 3.77. The van der Waals surface area contributed by atoms with E-state index in [0.29, 0.717) is 13.2 Å². The summed E-state index contributed by atoms with van der Waals surface area (Å²) in [6, 6.07) is 6.49. The average molecular weight is 249 g/mol. The summed E-state index contributed by atoms with van der Waals surface area (Å²) in [4.78, 5) is 13.6. The minimum atomic E-state index is -0.149. The normalized spacial score (nSPS) is 10.7. The maximum atomic E-state index is 11.5. The van der Waals surface area contributed by atoms with Gasteiger partial charge in [0.25, 0.3) is 0 Å². The van der Waals surface area contributed by atoms with Crippen LogP contribution >= 0.6 is 0 Å². The molecule has 0 atom stereocenters. The number of ether oxygens (including phenoxy) is 1. The first kappa shape index (κ1) is 14.7. The number of esters is 1. The molecule has 0 unspecified atom stereocenters. The monoisotopic (exact) mass is 249 g/mol. The van der Waals surface area contributed by atoms with Gasteiger partial charge in [0.05, 0.1) is 13.2 Å². The highest BCUT2D eigenvalue weighted by Gasteiger charge is 2.10. The number of hydrogen-bond donors (Lipinski definition) is 0. The standard InChI is InChI=1S/C15H23NO2/c1-5-16(11-15(17)18-6-2)10-14-8-12(3)7-13(4)9-14/h7-9H,5-6,10-11H2,1-4H3. The third-order valence-corrected chi connectivity index (χ3v) is 2.79. The summed E-state index contributed by atoms with van der Waals surface area (Å²) in [7, 11) is 0. The van der Waals surface area contributed by atoms with Crippen molar-refractivity contribution in [3.8, 4) is 0 Å². The fourth-order valence-corrected chi connectivity index (χ4v) is 2.09. The van der Waals surface area contributed by atoms with Crippen LogP contribution in [-0.4, -0.2) is 30.6 Å². The van der Waals surface area contributed by atoms with Crippen LogP contribution < -0.4 is 0 Å². The molecule has 0 aliphatic carbocycles. The quantitative estimate of drug-likeness (QED) is 0.726. The maximum absolute atomic E-state index is 11.5. The molecule has 3 heteroatoms. The van der Waals surface area contributed by atoms with Crippen molar-refractivity contribution in [2.75, 3.05) is 19.7 Å². The summed E-state index contributed by atoms with van der Waals surface area (Å²) in [5, 5.41) is 0. The Morgan fingerprint density at radius 3 is 2.28 bits per heavy atom. The van der Waals surface area contributed by atoms with Crippen LogP contribution in [0, 0.1) is 13.8 Å². The molecule has 0 spiro atoms. The lowest BCUT2D eigenvalue weighted by atomic mass is 10.1. The first-order valence-electron chi connectivity index (χ1n) is 6.50. The number of rotatable bonds is 6. The third-order valence-electron chi connectivity index (χ3n) is 2.79. The molecule has 18 heavy (non-hydrogen) atoms. The summed E-state index contributed by atoms with van der Waals surface area (Å²) in [6.45, 7) is 10.5. The zero-order valence-corrected chi connectivity index (χ0v) is 11.8. The Hall–Kier alpha value is -1.35. The molecule has 0 saturated heterocycles. The fraction of sp³-hybridized carbons (Fsp3) is 0.533. The van der Waals surface area contributed by atoms with Crippen molar-refractivity contribution in [3.63, 3.8) is 0 Å². The Kier molecular flexibility index (Phi) is 5.86. The van der Waals surface area contributed by atoms with Crippen molar-refractivity contribution in [2.45, 2.75) is 34.2 Å².